The van der Waals surface area contributed by atoms with E-state index in [0.717, 1.165) is 51.7 Å². The normalized spacial score (nSPS) is 24.1. The highest BCUT2D eigenvalue weighted by Gasteiger charge is 2.45. The van der Waals surface area contributed by atoms with Crippen molar-refractivity contribution in [2.45, 2.75) is 67.9 Å². The molecule has 10 nitrogen and oxygen atoms in total. The molecular weight excluding hydrogens is 552 g/mol. The van der Waals surface area contributed by atoms with Gasteiger partial charge in [0.2, 0.25) is 10.0 Å². The number of pyridine rings is 1. The standard InChI is InChI=1S/C17H25N3O3S.2C2HF3O2/c21-24(22,16-3-4-16)19-15-5-9-23-17(10-15)6-8-20(13-17)12-14-2-1-7-18-11-14;2*3-2(4,5)1(6)7/h1-2,7,11,15-16,19H,3-6,8-10,12-13H2;2*(H,6,7)/t15-,17-;;/m1../s1. The average Bonchev–Trinajstić information content (AvgIpc) is 3.59. The second kappa shape index (κ2) is 12.6. The molecule has 0 bridgehead atoms. The summed E-state index contributed by atoms with van der Waals surface area (Å²) in [5.74, 6) is -5.51. The molecule has 0 amide bonds. The molecule has 1 aliphatic carbocycles. The lowest BCUT2D eigenvalue weighted by atomic mass is 9.90. The molecule has 4 rings (SSSR count). The third-order valence-electron chi connectivity index (χ3n) is 5.80. The zero-order valence-corrected chi connectivity index (χ0v) is 20.7. The molecule has 1 aromatic rings. The first-order valence-electron chi connectivity index (χ1n) is 11.3. The molecule has 0 radical (unpaired) electrons. The van der Waals surface area contributed by atoms with Gasteiger partial charge in [0, 0.05) is 44.7 Å². The predicted molar refractivity (Wildman–Crippen MR) is 118 cm³/mol. The van der Waals surface area contributed by atoms with Crippen LogP contribution in [-0.2, 0) is 30.9 Å². The van der Waals surface area contributed by atoms with E-state index in [1.165, 1.54) is 5.56 Å². The molecule has 3 heterocycles. The molecule has 1 aromatic heterocycles. The molecule has 2 saturated heterocycles. The van der Waals surface area contributed by atoms with E-state index in [1.807, 2.05) is 12.3 Å². The molecule has 216 valence electrons. The van der Waals surface area contributed by atoms with Crippen molar-refractivity contribution >= 4 is 22.0 Å². The highest BCUT2D eigenvalue weighted by molar-refractivity contribution is 7.90. The lowest BCUT2D eigenvalue weighted by Gasteiger charge is -2.38. The zero-order chi connectivity index (χ0) is 28.8. The van der Waals surface area contributed by atoms with Crippen LogP contribution in [0.15, 0.2) is 24.5 Å². The highest BCUT2D eigenvalue weighted by atomic mass is 32.2. The van der Waals surface area contributed by atoms with Crippen LogP contribution in [0.4, 0.5) is 26.3 Å². The summed E-state index contributed by atoms with van der Waals surface area (Å²) in [6, 6.07) is 4.07. The largest absolute Gasteiger partial charge is 0.490 e. The van der Waals surface area contributed by atoms with Crippen molar-refractivity contribution in [3.8, 4) is 0 Å². The summed E-state index contributed by atoms with van der Waals surface area (Å²) in [5.41, 5.74) is 1.01. The fourth-order valence-electron chi connectivity index (χ4n) is 3.93. The number of likely N-dealkylation sites (tertiary alicyclic amines) is 1. The van der Waals surface area contributed by atoms with Crippen LogP contribution in [0.25, 0.3) is 0 Å². The van der Waals surface area contributed by atoms with Gasteiger partial charge >= 0.3 is 24.3 Å². The fourth-order valence-corrected chi connectivity index (χ4v) is 5.55. The van der Waals surface area contributed by atoms with Crippen molar-refractivity contribution in [1.82, 2.24) is 14.6 Å². The zero-order valence-electron chi connectivity index (χ0n) is 19.8. The lowest BCUT2D eigenvalue weighted by Crippen LogP contribution is -2.50. The molecule has 2 aliphatic heterocycles. The number of carboxylic acid groups (broad SMARTS) is 2. The van der Waals surface area contributed by atoms with E-state index in [4.69, 9.17) is 24.5 Å². The maximum Gasteiger partial charge on any atom is 0.490 e. The average molecular weight is 580 g/mol. The van der Waals surface area contributed by atoms with E-state index in [2.05, 4.69) is 20.7 Å². The van der Waals surface area contributed by atoms with Crippen LogP contribution in [0.5, 0.6) is 0 Å². The topological polar surface area (TPSA) is 146 Å². The fraction of sp³-hybridized carbons (Fsp3) is 0.667. The number of aromatic nitrogens is 1. The van der Waals surface area contributed by atoms with Gasteiger partial charge in [-0.3, -0.25) is 9.88 Å². The second-order valence-corrected chi connectivity index (χ2v) is 11.0. The van der Waals surface area contributed by atoms with Crippen molar-refractivity contribution in [1.29, 1.82) is 0 Å². The molecule has 0 aromatic carbocycles. The summed E-state index contributed by atoms with van der Waals surface area (Å²) >= 11 is 0. The number of rotatable bonds is 5. The van der Waals surface area contributed by atoms with Gasteiger partial charge < -0.3 is 14.9 Å². The number of nitrogens with zero attached hydrogens (tertiary/aromatic N) is 2. The minimum absolute atomic E-state index is 0.0164. The van der Waals surface area contributed by atoms with Gasteiger partial charge in [-0.1, -0.05) is 6.07 Å². The van der Waals surface area contributed by atoms with Gasteiger partial charge in [0.25, 0.3) is 0 Å². The summed E-state index contributed by atoms with van der Waals surface area (Å²) < 4.78 is 96.9. The summed E-state index contributed by atoms with van der Waals surface area (Å²) in [7, 11) is -3.12. The Morgan fingerprint density at radius 1 is 1.11 bits per heavy atom. The predicted octanol–water partition coefficient (Wildman–Crippen LogP) is 2.55. The molecular formula is C21H27F6N3O7S. The Kier molecular flexibility index (Phi) is 10.5. The van der Waals surface area contributed by atoms with E-state index in [-0.39, 0.29) is 16.9 Å². The maximum atomic E-state index is 12.2. The number of nitrogens with one attached hydrogen (secondary N) is 1. The molecule has 2 atom stereocenters. The van der Waals surface area contributed by atoms with Gasteiger partial charge in [0.1, 0.15) is 0 Å². The van der Waals surface area contributed by atoms with Crippen LogP contribution in [0.2, 0.25) is 0 Å². The first-order chi connectivity index (χ1) is 17.4. The Morgan fingerprint density at radius 3 is 2.16 bits per heavy atom. The van der Waals surface area contributed by atoms with Gasteiger partial charge in [-0.25, -0.2) is 22.7 Å². The molecule has 17 heteroatoms. The minimum Gasteiger partial charge on any atom is -0.475 e. The van der Waals surface area contributed by atoms with E-state index < -0.39 is 34.3 Å². The number of alkyl halides is 6. The molecule has 3 fully saturated rings. The van der Waals surface area contributed by atoms with Crippen molar-refractivity contribution in [3.05, 3.63) is 30.1 Å². The smallest absolute Gasteiger partial charge is 0.475 e. The van der Waals surface area contributed by atoms with Crippen molar-refractivity contribution < 1.29 is 59.3 Å². The van der Waals surface area contributed by atoms with Gasteiger partial charge in [-0.2, -0.15) is 26.3 Å². The Labute approximate surface area is 214 Å². The number of hydrogen-bond acceptors (Lipinski definition) is 7. The monoisotopic (exact) mass is 579 g/mol. The summed E-state index contributed by atoms with van der Waals surface area (Å²) in [6.07, 6.45) is -2.34. The van der Waals surface area contributed by atoms with Crippen molar-refractivity contribution in [2.24, 2.45) is 0 Å². The van der Waals surface area contributed by atoms with E-state index in [1.54, 1.807) is 6.20 Å². The van der Waals surface area contributed by atoms with Crippen molar-refractivity contribution in [3.63, 3.8) is 0 Å². The number of carbonyl (C=O) groups is 2. The minimum atomic E-state index is -5.08. The van der Waals surface area contributed by atoms with Crippen molar-refractivity contribution in [2.75, 3.05) is 19.7 Å². The second-order valence-electron chi connectivity index (χ2n) is 9.01. The maximum absolute atomic E-state index is 12.2. The summed E-state index contributed by atoms with van der Waals surface area (Å²) in [4.78, 5) is 24.3. The third kappa shape index (κ3) is 10.3. The van der Waals surface area contributed by atoms with Crippen LogP contribution in [0.1, 0.15) is 37.7 Å². The Morgan fingerprint density at radius 2 is 1.68 bits per heavy atom. The first kappa shape index (κ1) is 31.7. The lowest BCUT2D eigenvalue weighted by molar-refractivity contribution is -0.193. The van der Waals surface area contributed by atoms with E-state index >= 15 is 0 Å². The quantitative estimate of drug-likeness (QED) is 0.448. The number of ether oxygens (including phenoxy) is 1. The Balaban J connectivity index is 0.000000301. The van der Waals surface area contributed by atoms with Gasteiger partial charge in [0.15, 0.2) is 0 Å². The van der Waals surface area contributed by atoms with Crippen LogP contribution < -0.4 is 4.72 Å². The van der Waals surface area contributed by atoms with E-state index in [9.17, 15) is 34.8 Å². The van der Waals surface area contributed by atoms with Crippen LogP contribution in [-0.4, -0.2) is 89.4 Å². The SMILES string of the molecule is O=C(O)C(F)(F)F.O=C(O)C(F)(F)F.O=S(=O)(N[C@@H]1CCO[C@]2(CCN(Cc3cccnc3)C2)C1)C1CC1. The number of aliphatic carboxylic acids is 2. The highest BCUT2D eigenvalue weighted by Crippen LogP contribution is 2.36. The van der Waals surface area contributed by atoms with Gasteiger partial charge in [-0.05, 0) is 43.7 Å². The molecule has 38 heavy (non-hydrogen) atoms. The molecule has 1 spiro atoms. The molecule has 1 saturated carbocycles. The number of carboxylic acids is 2. The first-order valence-corrected chi connectivity index (χ1v) is 12.8. The Bertz CT molecular complexity index is 1030. The van der Waals surface area contributed by atoms with E-state index in [0.29, 0.717) is 6.61 Å². The molecule has 0 unspecified atom stereocenters. The van der Waals surface area contributed by atoms with Crippen LogP contribution in [0.3, 0.4) is 0 Å². The molecule has 3 aliphatic rings. The number of halogens is 6. The summed E-state index contributed by atoms with van der Waals surface area (Å²) in [6.45, 7) is 3.36. The van der Waals surface area contributed by atoms with Crippen LogP contribution in [0, 0.1) is 0 Å². The third-order valence-corrected chi connectivity index (χ3v) is 7.81. The number of hydrogen-bond donors (Lipinski definition) is 3. The van der Waals surface area contributed by atoms with Crippen LogP contribution >= 0.6 is 0 Å². The molecule has 3 N–H and O–H groups in total. The van der Waals surface area contributed by atoms with Gasteiger partial charge in [-0.15, -0.1) is 0 Å². The Hall–Kier alpha value is -2.50. The van der Waals surface area contributed by atoms with Gasteiger partial charge in [0.05, 0.1) is 10.9 Å². The number of sulfonamides is 1. The summed E-state index contributed by atoms with van der Waals surface area (Å²) in [5, 5.41) is 14.1.